The van der Waals surface area contributed by atoms with E-state index in [0.717, 1.165) is 13.1 Å². The quantitative estimate of drug-likeness (QED) is 0.706. The molecule has 0 aromatic heterocycles. The summed E-state index contributed by atoms with van der Waals surface area (Å²) in [6.45, 7) is 8.92. The van der Waals surface area contributed by atoms with Gasteiger partial charge in [0.25, 0.3) is 0 Å². The summed E-state index contributed by atoms with van der Waals surface area (Å²) < 4.78 is 4.96. The Kier molecular flexibility index (Phi) is 7.08. The molecule has 5 nitrogen and oxygen atoms in total. The molecular weight excluding hydrogens is 206 g/mol. The Bertz CT molecular complexity index is 202. The molecular formula is C11H25N3O2. The molecule has 0 aliphatic carbocycles. The van der Waals surface area contributed by atoms with Crippen LogP contribution in [0, 0.1) is 0 Å². The first-order valence-electron chi connectivity index (χ1n) is 5.58. The van der Waals surface area contributed by atoms with E-state index in [0.29, 0.717) is 13.2 Å². The summed E-state index contributed by atoms with van der Waals surface area (Å²) in [6.07, 6.45) is 0. The molecule has 0 radical (unpaired) electrons. The van der Waals surface area contributed by atoms with Gasteiger partial charge in [0.15, 0.2) is 0 Å². The number of carbonyl (C=O) groups is 1. The number of likely N-dealkylation sites (N-methyl/N-ethyl adjacent to an activating group) is 1. The maximum Gasteiger partial charge on any atom is 0.315 e. The molecule has 0 aromatic carbocycles. The summed E-state index contributed by atoms with van der Waals surface area (Å²) >= 11 is 0. The number of carbonyl (C=O) groups excluding carboxylic acids is 1. The molecule has 0 atom stereocenters. The molecule has 0 saturated carbocycles. The molecule has 0 saturated heterocycles. The van der Waals surface area contributed by atoms with Gasteiger partial charge < -0.3 is 20.3 Å². The lowest BCUT2D eigenvalue weighted by atomic mass is 10.1. The molecule has 0 spiro atoms. The number of hydrogen-bond donors (Lipinski definition) is 2. The van der Waals surface area contributed by atoms with Crippen molar-refractivity contribution in [2.75, 3.05) is 40.4 Å². The Morgan fingerprint density at radius 2 is 1.94 bits per heavy atom. The van der Waals surface area contributed by atoms with E-state index in [2.05, 4.69) is 15.5 Å². The first-order valence-corrected chi connectivity index (χ1v) is 5.58. The standard InChI is InChI=1S/C11H25N3O2/c1-11(2,3)13-10(15)12-6-7-14(4)8-9-16-5/h6-9H2,1-5H3,(H2,12,13,15). The van der Waals surface area contributed by atoms with Gasteiger partial charge >= 0.3 is 6.03 Å². The van der Waals surface area contributed by atoms with Crippen LogP contribution in [-0.2, 0) is 4.74 Å². The number of ether oxygens (including phenoxy) is 1. The molecule has 0 unspecified atom stereocenters. The van der Waals surface area contributed by atoms with Crippen molar-refractivity contribution in [2.24, 2.45) is 0 Å². The molecule has 5 heteroatoms. The highest BCUT2D eigenvalue weighted by Crippen LogP contribution is 1.97. The number of amides is 2. The van der Waals surface area contributed by atoms with Crippen molar-refractivity contribution in [3.8, 4) is 0 Å². The molecule has 0 rings (SSSR count). The molecule has 0 aliphatic rings. The summed E-state index contributed by atoms with van der Waals surface area (Å²) in [5.41, 5.74) is -0.188. The van der Waals surface area contributed by atoms with Gasteiger partial charge in [-0.3, -0.25) is 0 Å². The van der Waals surface area contributed by atoms with Gasteiger partial charge in [-0.2, -0.15) is 0 Å². The van der Waals surface area contributed by atoms with Crippen molar-refractivity contribution in [3.05, 3.63) is 0 Å². The molecule has 2 N–H and O–H groups in total. The van der Waals surface area contributed by atoms with Crippen LogP contribution in [0.4, 0.5) is 4.79 Å². The minimum Gasteiger partial charge on any atom is -0.383 e. The third-order valence-electron chi connectivity index (χ3n) is 1.94. The van der Waals surface area contributed by atoms with Gasteiger partial charge in [-0.1, -0.05) is 0 Å². The van der Waals surface area contributed by atoms with Crippen LogP contribution >= 0.6 is 0 Å². The number of nitrogens with zero attached hydrogens (tertiary/aromatic N) is 1. The van der Waals surface area contributed by atoms with Gasteiger partial charge in [-0.05, 0) is 27.8 Å². The molecule has 0 fully saturated rings. The zero-order valence-corrected chi connectivity index (χ0v) is 11.1. The molecule has 0 aliphatic heterocycles. The van der Waals surface area contributed by atoms with Crippen molar-refractivity contribution >= 4 is 6.03 Å². The lowest BCUT2D eigenvalue weighted by molar-refractivity contribution is 0.161. The maximum absolute atomic E-state index is 11.4. The fraction of sp³-hybridized carbons (Fsp3) is 0.909. The summed E-state index contributed by atoms with van der Waals surface area (Å²) in [6, 6.07) is -0.118. The van der Waals surface area contributed by atoms with Crippen LogP contribution in [0.25, 0.3) is 0 Å². The van der Waals surface area contributed by atoms with Crippen molar-refractivity contribution < 1.29 is 9.53 Å². The number of rotatable bonds is 6. The minimum absolute atomic E-state index is 0.118. The van der Waals surface area contributed by atoms with Gasteiger partial charge in [0.2, 0.25) is 0 Å². The Morgan fingerprint density at radius 3 is 2.44 bits per heavy atom. The van der Waals surface area contributed by atoms with E-state index in [1.165, 1.54) is 0 Å². The monoisotopic (exact) mass is 231 g/mol. The first kappa shape index (κ1) is 15.2. The Morgan fingerprint density at radius 1 is 1.31 bits per heavy atom. The van der Waals surface area contributed by atoms with Crippen LogP contribution in [-0.4, -0.2) is 56.9 Å². The van der Waals surface area contributed by atoms with Gasteiger partial charge in [0.05, 0.1) is 6.61 Å². The molecule has 0 heterocycles. The molecule has 2 amide bonds. The van der Waals surface area contributed by atoms with Gasteiger partial charge in [0, 0.05) is 32.3 Å². The maximum atomic E-state index is 11.4. The van der Waals surface area contributed by atoms with Crippen molar-refractivity contribution in [1.29, 1.82) is 0 Å². The normalized spacial score (nSPS) is 11.6. The highest BCUT2D eigenvalue weighted by Gasteiger charge is 2.12. The zero-order valence-electron chi connectivity index (χ0n) is 11.1. The topological polar surface area (TPSA) is 53.6 Å². The predicted molar refractivity (Wildman–Crippen MR) is 65.7 cm³/mol. The second kappa shape index (κ2) is 7.46. The zero-order chi connectivity index (χ0) is 12.6. The second-order valence-electron chi connectivity index (χ2n) is 4.93. The lowest BCUT2D eigenvalue weighted by Crippen LogP contribution is -2.47. The molecule has 96 valence electrons. The average Bonchev–Trinajstić information content (AvgIpc) is 2.11. The third kappa shape index (κ3) is 9.73. The molecule has 0 bridgehead atoms. The fourth-order valence-corrected chi connectivity index (χ4v) is 1.10. The van der Waals surface area contributed by atoms with Crippen LogP contribution in [0.3, 0.4) is 0 Å². The average molecular weight is 231 g/mol. The predicted octanol–water partition coefficient (Wildman–Crippen LogP) is 0.662. The molecule has 0 aromatic rings. The Labute approximate surface area is 98.5 Å². The van der Waals surface area contributed by atoms with Crippen LogP contribution in [0.2, 0.25) is 0 Å². The third-order valence-corrected chi connectivity index (χ3v) is 1.94. The number of urea groups is 1. The van der Waals surface area contributed by atoms with Gasteiger partial charge in [0.1, 0.15) is 0 Å². The number of hydrogen-bond acceptors (Lipinski definition) is 3. The largest absolute Gasteiger partial charge is 0.383 e. The van der Waals surface area contributed by atoms with Gasteiger partial charge in [-0.15, -0.1) is 0 Å². The first-order chi connectivity index (χ1) is 7.35. The SMILES string of the molecule is COCCN(C)CCNC(=O)NC(C)(C)C. The highest BCUT2D eigenvalue weighted by atomic mass is 16.5. The van der Waals surface area contributed by atoms with E-state index in [1.807, 2.05) is 27.8 Å². The van der Waals surface area contributed by atoms with Gasteiger partial charge in [-0.25, -0.2) is 4.79 Å². The van der Waals surface area contributed by atoms with Crippen molar-refractivity contribution in [3.63, 3.8) is 0 Å². The van der Waals surface area contributed by atoms with Crippen LogP contribution < -0.4 is 10.6 Å². The van der Waals surface area contributed by atoms with E-state index >= 15 is 0 Å². The van der Waals surface area contributed by atoms with E-state index in [9.17, 15) is 4.79 Å². The van der Waals surface area contributed by atoms with Crippen LogP contribution in [0.1, 0.15) is 20.8 Å². The van der Waals surface area contributed by atoms with E-state index in [1.54, 1.807) is 7.11 Å². The number of methoxy groups -OCH3 is 1. The highest BCUT2D eigenvalue weighted by molar-refractivity contribution is 5.74. The van der Waals surface area contributed by atoms with Crippen LogP contribution in [0.5, 0.6) is 0 Å². The second-order valence-corrected chi connectivity index (χ2v) is 4.93. The fourth-order valence-electron chi connectivity index (χ4n) is 1.10. The minimum atomic E-state index is -0.188. The van der Waals surface area contributed by atoms with Crippen molar-refractivity contribution in [1.82, 2.24) is 15.5 Å². The van der Waals surface area contributed by atoms with Crippen LogP contribution in [0.15, 0.2) is 0 Å². The Balaban J connectivity index is 3.54. The summed E-state index contributed by atoms with van der Waals surface area (Å²) in [5.74, 6) is 0. The smallest absolute Gasteiger partial charge is 0.315 e. The number of nitrogens with one attached hydrogen (secondary N) is 2. The summed E-state index contributed by atoms with van der Waals surface area (Å²) in [7, 11) is 3.69. The molecule has 16 heavy (non-hydrogen) atoms. The van der Waals surface area contributed by atoms with E-state index in [4.69, 9.17) is 4.74 Å². The van der Waals surface area contributed by atoms with E-state index < -0.39 is 0 Å². The van der Waals surface area contributed by atoms with Crippen molar-refractivity contribution in [2.45, 2.75) is 26.3 Å². The van der Waals surface area contributed by atoms with E-state index in [-0.39, 0.29) is 11.6 Å². The lowest BCUT2D eigenvalue weighted by Gasteiger charge is -2.21. The summed E-state index contributed by atoms with van der Waals surface area (Å²) in [5, 5.41) is 5.66. The summed E-state index contributed by atoms with van der Waals surface area (Å²) in [4.78, 5) is 13.5. The Hall–Kier alpha value is -0.810.